The predicted octanol–water partition coefficient (Wildman–Crippen LogP) is -1.27. The van der Waals surface area contributed by atoms with Crippen molar-refractivity contribution in [1.29, 1.82) is 0 Å². The molecule has 0 saturated carbocycles. The number of β-lactam (4-membered cyclic amide) rings is 1. The molecule has 246 valence electrons. The van der Waals surface area contributed by atoms with Crippen molar-refractivity contribution in [1.82, 2.24) is 29.6 Å². The van der Waals surface area contributed by atoms with Gasteiger partial charge in [-0.1, -0.05) is 5.16 Å². The Kier molecular flexibility index (Phi) is 9.47. The zero-order chi connectivity index (χ0) is 33.2. The average Bonchev–Trinajstić information content (AvgIpc) is 3.60. The number of aromatic nitrogens is 4. The van der Waals surface area contributed by atoms with Crippen molar-refractivity contribution in [2.24, 2.45) is 5.16 Å². The second-order valence-corrected chi connectivity index (χ2v) is 13.0. The molecule has 7 N–H and O–H groups in total. The number of oxime groups is 1. The Labute approximate surface area is 270 Å². The number of nitrogen functional groups attached to an aromatic ring is 1. The summed E-state index contributed by atoms with van der Waals surface area (Å²) < 4.78 is 7.96. The first kappa shape index (κ1) is 32.7. The molecule has 1 saturated heterocycles. The first-order chi connectivity index (χ1) is 21.9. The number of carbonyl (C=O) groups is 5. The van der Waals surface area contributed by atoms with Crippen molar-refractivity contribution in [3.8, 4) is 0 Å². The number of aryl methyl sites for hydroxylation is 1. The van der Waals surface area contributed by atoms with Gasteiger partial charge in [-0.15, -0.1) is 21.1 Å². The minimum atomic E-state index is -1.80. The maximum atomic E-state index is 13.4. The third-order valence-corrected chi connectivity index (χ3v) is 9.39. The molecule has 0 bridgehead atoms. The standard InChI is InChI=1S/C26H32N10O8S2/c1-26(2,24(42)43)44-32-15(18-31-25(27)46-33-18)20(38)30-16-21(39)36-17(23(40)41)14(11-45-22(16)36)10-34-9-13(5-3-6-28-12-37)19-29-7-4-8-35(19)34/h9,12,16,22H,3-8,10-11H2,1-2H3,(H6,27,28,30,31,33,37,38,40,41,42,43)/p+1/b32-15-/t16-,22-/m1/s1. The van der Waals surface area contributed by atoms with Crippen molar-refractivity contribution < 1.29 is 43.7 Å². The summed E-state index contributed by atoms with van der Waals surface area (Å²) in [6.07, 6.45) is 4.94. The highest BCUT2D eigenvalue weighted by Crippen LogP contribution is 2.40. The zero-order valence-electron chi connectivity index (χ0n) is 24.9. The highest BCUT2D eigenvalue weighted by molar-refractivity contribution is 8.00. The predicted molar refractivity (Wildman–Crippen MR) is 163 cm³/mol. The van der Waals surface area contributed by atoms with E-state index in [4.69, 9.17) is 10.6 Å². The molecule has 0 aromatic carbocycles. The van der Waals surface area contributed by atoms with Gasteiger partial charge in [0.05, 0.1) is 12.1 Å². The first-order valence-corrected chi connectivity index (χ1v) is 16.1. The number of nitrogens with zero attached hydrogens (tertiary/aromatic N) is 6. The lowest BCUT2D eigenvalue weighted by molar-refractivity contribution is -0.768. The van der Waals surface area contributed by atoms with Gasteiger partial charge in [-0.2, -0.15) is 9.36 Å². The smallest absolute Gasteiger partial charge is 0.352 e. The third kappa shape index (κ3) is 6.48. The van der Waals surface area contributed by atoms with Crippen LogP contribution in [-0.2, 0) is 48.3 Å². The van der Waals surface area contributed by atoms with Gasteiger partial charge in [-0.3, -0.25) is 19.3 Å². The summed E-state index contributed by atoms with van der Waals surface area (Å²) in [5.41, 5.74) is 4.79. The van der Waals surface area contributed by atoms with E-state index >= 15 is 0 Å². The number of carboxylic acid groups (broad SMARTS) is 2. The van der Waals surface area contributed by atoms with Crippen LogP contribution in [0.15, 0.2) is 22.6 Å². The largest absolute Gasteiger partial charge is 0.478 e. The molecule has 0 spiro atoms. The minimum absolute atomic E-state index is 0.0189. The summed E-state index contributed by atoms with van der Waals surface area (Å²) in [4.78, 5) is 71.5. The third-order valence-electron chi connectivity index (χ3n) is 7.51. The number of thioether (sulfide) groups is 1. The topological polar surface area (TPSA) is 247 Å². The summed E-state index contributed by atoms with van der Waals surface area (Å²) in [5, 5.41) is 31.2. The van der Waals surface area contributed by atoms with Crippen molar-refractivity contribution in [2.75, 3.05) is 29.9 Å². The van der Waals surface area contributed by atoms with Crippen molar-refractivity contribution in [2.45, 2.75) is 63.2 Å². The molecule has 2 aromatic rings. The molecule has 20 heteroatoms. The molecule has 5 rings (SSSR count). The van der Waals surface area contributed by atoms with Crippen LogP contribution in [0.25, 0.3) is 0 Å². The van der Waals surface area contributed by atoms with Gasteiger partial charge in [0.15, 0.2) is 17.5 Å². The van der Waals surface area contributed by atoms with Gasteiger partial charge in [0, 0.05) is 35.9 Å². The number of hydrogen-bond acceptors (Lipinski definition) is 13. The van der Waals surface area contributed by atoms with Crippen LogP contribution < -0.4 is 26.4 Å². The lowest BCUT2D eigenvalue weighted by atomic mass is 10.0. The number of carbonyl (C=O) groups excluding carboxylic acids is 3. The number of aliphatic carboxylic acids is 2. The molecule has 3 aliphatic rings. The number of rotatable bonds is 14. The van der Waals surface area contributed by atoms with Crippen molar-refractivity contribution in [3.63, 3.8) is 0 Å². The highest BCUT2D eigenvalue weighted by atomic mass is 32.2. The molecule has 5 heterocycles. The fraction of sp³-hybridized carbons (Fsp3) is 0.500. The molecule has 0 radical (unpaired) electrons. The normalized spacial score (nSPS) is 19.4. The van der Waals surface area contributed by atoms with E-state index in [2.05, 4.69) is 35.1 Å². The van der Waals surface area contributed by atoms with E-state index in [0.717, 1.165) is 48.8 Å². The lowest BCUT2D eigenvalue weighted by Crippen LogP contribution is -2.71. The van der Waals surface area contributed by atoms with Gasteiger partial charge in [-0.05, 0) is 33.1 Å². The fourth-order valence-corrected chi connectivity index (χ4v) is 6.93. The van der Waals surface area contributed by atoms with Crippen LogP contribution in [0, 0.1) is 0 Å². The maximum Gasteiger partial charge on any atom is 0.352 e. The number of anilines is 2. The molecule has 18 nitrogen and oxygen atoms in total. The quantitative estimate of drug-likeness (QED) is 0.0341. The Morgan fingerprint density at radius 1 is 1.35 bits per heavy atom. The molecule has 0 unspecified atom stereocenters. The van der Waals surface area contributed by atoms with E-state index in [1.807, 2.05) is 10.9 Å². The molecule has 2 aromatic heterocycles. The highest BCUT2D eigenvalue weighted by Gasteiger charge is 2.55. The Morgan fingerprint density at radius 2 is 2.13 bits per heavy atom. The summed E-state index contributed by atoms with van der Waals surface area (Å²) in [7, 11) is 0. The molecule has 1 fully saturated rings. The van der Waals surface area contributed by atoms with Crippen LogP contribution >= 0.6 is 23.3 Å². The van der Waals surface area contributed by atoms with Gasteiger partial charge in [-0.25, -0.2) is 9.59 Å². The zero-order valence-corrected chi connectivity index (χ0v) is 26.5. The van der Waals surface area contributed by atoms with Crippen LogP contribution in [-0.4, -0.2) is 101 Å². The van der Waals surface area contributed by atoms with Crippen LogP contribution in [0.3, 0.4) is 0 Å². The number of carboxylic acids is 2. The van der Waals surface area contributed by atoms with Gasteiger partial charge in [0.2, 0.25) is 29.7 Å². The van der Waals surface area contributed by atoms with Crippen LogP contribution in [0.5, 0.6) is 0 Å². The van der Waals surface area contributed by atoms with Crippen molar-refractivity contribution in [3.05, 3.63) is 28.9 Å². The molecular weight excluding hydrogens is 644 g/mol. The van der Waals surface area contributed by atoms with E-state index in [9.17, 15) is 34.2 Å². The van der Waals surface area contributed by atoms with Crippen molar-refractivity contribution >= 4 is 70.1 Å². The Morgan fingerprint density at radius 3 is 2.80 bits per heavy atom. The fourth-order valence-electron chi connectivity index (χ4n) is 5.16. The second-order valence-electron chi connectivity index (χ2n) is 11.1. The second kappa shape index (κ2) is 13.3. The van der Waals surface area contributed by atoms with Gasteiger partial charge in [0.25, 0.3) is 11.8 Å². The van der Waals surface area contributed by atoms with Gasteiger partial charge in [0.1, 0.15) is 17.1 Å². The molecule has 46 heavy (non-hydrogen) atoms. The number of nitrogens with two attached hydrogens (primary N) is 1. The van der Waals surface area contributed by atoms with E-state index in [1.165, 1.54) is 30.5 Å². The van der Waals surface area contributed by atoms with Crippen LogP contribution in [0.2, 0.25) is 0 Å². The van der Waals surface area contributed by atoms with Gasteiger partial charge < -0.3 is 36.7 Å². The first-order valence-electron chi connectivity index (χ1n) is 14.3. The monoisotopic (exact) mass is 677 g/mol. The number of amides is 3. The Bertz CT molecular complexity index is 1630. The molecular formula is C26H33N10O8S2+. The summed E-state index contributed by atoms with van der Waals surface area (Å²) in [5.74, 6) is -3.17. The molecule has 3 aliphatic heterocycles. The molecule has 2 atom stereocenters. The van der Waals surface area contributed by atoms with E-state index in [-0.39, 0.29) is 29.0 Å². The summed E-state index contributed by atoms with van der Waals surface area (Å²) in [6.45, 7) is 4.76. The molecule has 0 aliphatic carbocycles. The number of nitrogens with one attached hydrogen (secondary N) is 3. The van der Waals surface area contributed by atoms with Gasteiger partial charge >= 0.3 is 11.9 Å². The number of fused-ring (bicyclic) bond motifs is 2. The summed E-state index contributed by atoms with van der Waals surface area (Å²) in [6, 6.07) is -1.11. The van der Waals surface area contributed by atoms with E-state index in [1.54, 1.807) is 0 Å². The van der Waals surface area contributed by atoms with Crippen LogP contribution in [0.1, 0.15) is 38.1 Å². The maximum absolute atomic E-state index is 13.4. The Hall–Kier alpha value is -4.72. The summed E-state index contributed by atoms with van der Waals surface area (Å²) >= 11 is 2.08. The molecule has 3 amide bonds. The number of hydrogen-bond donors (Lipinski definition) is 6. The lowest BCUT2D eigenvalue weighted by Gasteiger charge is -2.49. The van der Waals surface area contributed by atoms with Crippen LogP contribution in [0.4, 0.5) is 10.9 Å². The Balaban J connectivity index is 1.35. The SMILES string of the molecule is CC(C)(O/N=C(\C(=O)N[C@@H]1C(=O)N2C(C(=O)O)=C(C[n+]3cc(CCCNC=O)c4n3CCCN4)CS[C@H]12)c1nsc(N)n1)C(=O)O. The minimum Gasteiger partial charge on any atom is -0.478 e. The average molecular weight is 678 g/mol. The van der Waals surface area contributed by atoms with E-state index < -0.39 is 46.5 Å². The van der Waals surface area contributed by atoms with E-state index in [0.29, 0.717) is 24.9 Å².